The molecule has 0 aromatic heterocycles. The van der Waals surface area contributed by atoms with Gasteiger partial charge in [-0.2, -0.15) is 0 Å². The van der Waals surface area contributed by atoms with Gasteiger partial charge in [-0.15, -0.1) is 0 Å². The van der Waals surface area contributed by atoms with Crippen LogP contribution in [-0.2, 0) is 14.3 Å². The summed E-state index contributed by atoms with van der Waals surface area (Å²) in [7, 11) is 0. The van der Waals surface area contributed by atoms with Gasteiger partial charge in [0.25, 0.3) is 0 Å². The van der Waals surface area contributed by atoms with E-state index in [-0.39, 0.29) is 5.91 Å². The summed E-state index contributed by atoms with van der Waals surface area (Å²) in [5.74, 6) is 0.864. The van der Waals surface area contributed by atoms with Gasteiger partial charge in [-0.05, 0) is 18.8 Å². The molecule has 5 nitrogen and oxygen atoms in total. The van der Waals surface area contributed by atoms with Gasteiger partial charge in [-0.1, -0.05) is 0 Å². The van der Waals surface area contributed by atoms with Crippen molar-refractivity contribution in [3.05, 3.63) is 0 Å². The molecule has 0 bridgehead atoms. The Kier molecular flexibility index (Phi) is 5.90. The highest BCUT2D eigenvalue weighted by atomic mass is 16.5. The molecule has 2 rings (SSSR count). The minimum atomic E-state index is 0.241. The molecule has 0 radical (unpaired) electrons. The molecule has 2 aliphatic heterocycles. The fourth-order valence-corrected chi connectivity index (χ4v) is 2.44. The van der Waals surface area contributed by atoms with E-state index in [1.54, 1.807) is 0 Å². The molecule has 2 fully saturated rings. The first-order valence-corrected chi connectivity index (χ1v) is 7.00. The summed E-state index contributed by atoms with van der Waals surface area (Å²) >= 11 is 0. The van der Waals surface area contributed by atoms with Crippen LogP contribution in [0.5, 0.6) is 0 Å². The van der Waals surface area contributed by atoms with E-state index in [0.717, 1.165) is 39.4 Å². The van der Waals surface area contributed by atoms with Crippen LogP contribution in [0.25, 0.3) is 0 Å². The van der Waals surface area contributed by atoms with E-state index in [1.165, 1.54) is 12.8 Å². The maximum atomic E-state index is 11.9. The van der Waals surface area contributed by atoms with Crippen molar-refractivity contribution in [1.82, 2.24) is 10.2 Å². The molecule has 0 saturated carbocycles. The molecule has 18 heavy (non-hydrogen) atoms. The summed E-state index contributed by atoms with van der Waals surface area (Å²) < 4.78 is 10.7. The van der Waals surface area contributed by atoms with E-state index in [4.69, 9.17) is 9.47 Å². The Hall–Kier alpha value is -0.650. The van der Waals surface area contributed by atoms with Crippen LogP contribution in [0.2, 0.25) is 0 Å². The monoisotopic (exact) mass is 256 g/mol. The van der Waals surface area contributed by atoms with Gasteiger partial charge in [0.1, 0.15) is 0 Å². The molecule has 0 aliphatic carbocycles. The number of carbonyl (C=O) groups is 1. The fraction of sp³-hybridized carbons (Fsp3) is 0.923. The number of nitrogens with one attached hydrogen (secondary N) is 1. The Balaban J connectivity index is 1.52. The third-order valence-electron chi connectivity index (χ3n) is 3.57. The van der Waals surface area contributed by atoms with Crippen LogP contribution in [-0.4, -0.2) is 63.4 Å². The lowest BCUT2D eigenvalue weighted by Gasteiger charge is -2.27. The number of rotatable bonds is 5. The van der Waals surface area contributed by atoms with Crippen molar-refractivity contribution in [3.63, 3.8) is 0 Å². The van der Waals surface area contributed by atoms with Gasteiger partial charge in [0.05, 0.1) is 19.8 Å². The summed E-state index contributed by atoms with van der Waals surface area (Å²) in [6.45, 7) is 6.36. The minimum Gasteiger partial charge on any atom is -0.381 e. The smallest absolute Gasteiger partial charge is 0.224 e. The number of ether oxygens (including phenoxy) is 2. The molecular weight excluding hydrogens is 232 g/mol. The predicted octanol–water partition coefficient (Wildman–Crippen LogP) is 0.252. The van der Waals surface area contributed by atoms with Crippen molar-refractivity contribution in [1.29, 1.82) is 0 Å². The number of hydrogen-bond donors (Lipinski definition) is 1. The zero-order chi connectivity index (χ0) is 12.6. The molecule has 0 spiro atoms. The number of morpholine rings is 1. The molecule has 1 atom stereocenters. The largest absolute Gasteiger partial charge is 0.381 e. The lowest BCUT2D eigenvalue weighted by atomic mass is 10.0. The van der Waals surface area contributed by atoms with Crippen molar-refractivity contribution in [2.24, 2.45) is 5.92 Å². The maximum absolute atomic E-state index is 11.9. The predicted molar refractivity (Wildman–Crippen MR) is 68.4 cm³/mol. The lowest BCUT2D eigenvalue weighted by Crippen LogP contribution is -2.42. The van der Waals surface area contributed by atoms with E-state index >= 15 is 0 Å². The van der Waals surface area contributed by atoms with Crippen LogP contribution >= 0.6 is 0 Å². The molecule has 2 heterocycles. The Morgan fingerprint density at radius 3 is 2.78 bits per heavy atom. The van der Waals surface area contributed by atoms with Gasteiger partial charge in [-0.3, -0.25) is 4.79 Å². The SMILES string of the molecule is O=C(CCNCC1CCCOC1)N1CCOCC1. The first-order chi connectivity index (χ1) is 8.86. The normalized spacial score (nSPS) is 25.1. The van der Waals surface area contributed by atoms with Crippen LogP contribution in [0.3, 0.4) is 0 Å². The number of hydrogen-bond acceptors (Lipinski definition) is 4. The average Bonchev–Trinajstić information content (AvgIpc) is 2.45. The van der Waals surface area contributed by atoms with Gasteiger partial charge in [0.2, 0.25) is 5.91 Å². The number of carbonyl (C=O) groups excluding carboxylic acids is 1. The Morgan fingerprint density at radius 2 is 2.06 bits per heavy atom. The van der Waals surface area contributed by atoms with Crippen LogP contribution < -0.4 is 5.32 Å². The quantitative estimate of drug-likeness (QED) is 0.717. The Labute approximate surface area is 109 Å². The fourth-order valence-electron chi connectivity index (χ4n) is 2.44. The summed E-state index contributed by atoms with van der Waals surface area (Å²) in [4.78, 5) is 13.8. The Bertz CT molecular complexity index is 249. The van der Waals surface area contributed by atoms with Crippen LogP contribution in [0.1, 0.15) is 19.3 Å². The Morgan fingerprint density at radius 1 is 1.22 bits per heavy atom. The van der Waals surface area contributed by atoms with Gasteiger partial charge >= 0.3 is 0 Å². The molecular formula is C13H24N2O3. The van der Waals surface area contributed by atoms with Gasteiger partial charge in [-0.25, -0.2) is 0 Å². The third-order valence-corrected chi connectivity index (χ3v) is 3.57. The average molecular weight is 256 g/mol. The molecule has 5 heteroatoms. The molecule has 2 aliphatic rings. The summed E-state index contributed by atoms with van der Waals surface area (Å²) in [6, 6.07) is 0. The van der Waals surface area contributed by atoms with Crippen molar-refractivity contribution in [3.8, 4) is 0 Å². The zero-order valence-corrected chi connectivity index (χ0v) is 11.0. The van der Waals surface area contributed by atoms with E-state index in [1.807, 2.05) is 4.90 Å². The number of amides is 1. The van der Waals surface area contributed by atoms with Gasteiger partial charge < -0.3 is 19.7 Å². The maximum Gasteiger partial charge on any atom is 0.224 e. The highest BCUT2D eigenvalue weighted by Crippen LogP contribution is 2.12. The first-order valence-electron chi connectivity index (χ1n) is 7.00. The van der Waals surface area contributed by atoms with E-state index in [0.29, 0.717) is 25.6 Å². The molecule has 0 aromatic rings. The van der Waals surface area contributed by atoms with Gasteiger partial charge in [0, 0.05) is 39.2 Å². The third kappa shape index (κ3) is 4.55. The van der Waals surface area contributed by atoms with E-state index < -0.39 is 0 Å². The minimum absolute atomic E-state index is 0.241. The first kappa shape index (κ1) is 13.8. The highest BCUT2D eigenvalue weighted by Gasteiger charge is 2.17. The second-order valence-electron chi connectivity index (χ2n) is 5.03. The van der Waals surface area contributed by atoms with Crippen molar-refractivity contribution in [2.45, 2.75) is 19.3 Å². The second kappa shape index (κ2) is 7.71. The molecule has 1 N–H and O–H groups in total. The molecule has 2 saturated heterocycles. The number of nitrogens with zero attached hydrogens (tertiary/aromatic N) is 1. The van der Waals surface area contributed by atoms with Crippen molar-refractivity contribution >= 4 is 5.91 Å². The summed E-state index contributed by atoms with van der Waals surface area (Å²) in [5.41, 5.74) is 0. The lowest BCUT2D eigenvalue weighted by molar-refractivity contribution is -0.135. The standard InChI is InChI=1S/C13H24N2O3/c16-13(15-5-8-17-9-6-15)3-4-14-10-12-2-1-7-18-11-12/h12,14H,1-11H2. The van der Waals surface area contributed by atoms with E-state index in [9.17, 15) is 4.79 Å². The molecule has 1 unspecified atom stereocenters. The summed E-state index contributed by atoms with van der Waals surface area (Å²) in [6.07, 6.45) is 3.00. The van der Waals surface area contributed by atoms with Crippen LogP contribution in [0.4, 0.5) is 0 Å². The molecule has 104 valence electrons. The van der Waals surface area contributed by atoms with E-state index in [2.05, 4.69) is 5.32 Å². The van der Waals surface area contributed by atoms with Crippen LogP contribution in [0, 0.1) is 5.92 Å². The second-order valence-corrected chi connectivity index (χ2v) is 5.03. The van der Waals surface area contributed by atoms with Crippen LogP contribution in [0.15, 0.2) is 0 Å². The molecule has 1 amide bonds. The van der Waals surface area contributed by atoms with Gasteiger partial charge in [0.15, 0.2) is 0 Å². The highest BCUT2D eigenvalue weighted by molar-refractivity contribution is 5.76. The summed E-state index contributed by atoms with van der Waals surface area (Å²) in [5, 5.41) is 3.37. The molecule has 0 aromatic carbocycles. The topological polar surface area (TPSA) is 50.8 Å². The van der Waals surface area contributed by atoms with Crippen molar-refractivity contribution < 1.29 is 14.3 Å². The zero-order valence-electron chi connectivity index (χ0n) is 11.0. The van der Waals surface area contributed by atoms with Crippen molar-refractivity contribution in [2.75, 3.05) is 52.6 Å².